The molecule has 2 aliphatic heterocycles. The number of nitrogens with two attached hydrogens (primary N) is 1. The molecule has 0 bridgehead atoms. The Morgan fingerprint density at radius 1 is 1.23 bits per heavy atom. The summed E-state index contributed by atoms with van der Waals surface area (Å²) in [7, 11) is 1.56. The minimum absolute atomic E-state index is 0.0489. The summed E-state index contributed by atoms with van der Waals surface area (Å²) in [6, 6.07) is 6.11. The van der Waals surface area contributed by atoms with Gasteiger partial charge in [-0.1, -0.05) is 0 Å². The van der Waals surface area contributed by atoms with Crippen molar-refractivity contribution in [2.45, 2.75) is 37.8 Å². The average Bonchev–Trinajstić information content (AvgIpc) is 3.43. The summed E-state index contributed by atoms with van der Waals surface area (Å²) in [5, 5.41) is 3.13. The Morgan fingerprint density at radius 3 is 2.62 bits per heavy atom. The van der Waals surface area contributed by atoms with Gasteiger partial charge in [-0.25, -0.2) is 0 Å². The van der Waals surface area contributed by atoms with Gasteiger partial charge < -0.3 is 20.7 Å². The standard InChI is InChI=1S/C20H30N4O2/c1-26-19-10-15(4-5-18(19)21)20(25)22-16-12-24(13-16)17-6-8-23(9-7-17)11-14-2-3-14/h4-5,10,14,16-17H,2-3,6-9,11-13,21H2,1H3,(H,22,25). The fourth-order valence-electron chi connectivity index (χ4n) is 4.16. The van der Waals surface area contributed by atoms with E-state index in [0.29, 0.717) is 23.0 Å². The minimum Gasteiger partial charge on any atom is -0.495 e. The van der Waals surface area contributed by atoms with Crippen LogP contribution in [0.25, 0.3) is 0 Å². The van der Waals surface area contributed by atoms with Crippen molar-refractivity contribution in [1.29, 1.82) is 0 Å². The number of hydrogen-bond donors (Lipinski definition) is 2. The van der Waals surface area contributed by atoms with Crippen molar-refractivity contribution >= 4 is 11.6 Å². The highest BCUT2D eigenvalue weighted by Gasteiger charge is 2.35. The number of carbonyl (C=O) groups excluding carboxylic acids is 1. The number of methoxy groups -OCH3 is 1. The van der Waals surface area contributed by atoms with Crippen molar-refractivity contribution in [2.75, 3.05) is 45.6 Å². The Balaban J connectivity index is 1.21. The number of carbonyl (C=O) groups is 1. The predicted molar refractivity (Wildman–Crippen MR) is 102 cm³/mol. The Kier molecular flexibility index (Phi) is 5.05. The van der Waals surface area contributed by atoms with Gasteiger partial charge in [0.2, 0.25) is 0 Å². The van der Waals surface area contributed by atoms with E-state index in [9.17, 15) is 4.79 Å². The Hall–Kier alpha value is -1.79. The van der Waals surface area contributed by atoms with Crippen molar-refractivity contribution < 1.29 is 9.53 Å². The lowest BCUT2D eigenvalue weighted by Crippen LogP contribution is -2.63. The second-order valence-electron chi connectivity index (χ2n) is 8.06. The van der Waals surface area contributed by atoms with E-state index in [0.717, 1.165) is 19.0 Å². The molecular formula is C20H30N4O2. The van der Waals surface area contributed by atoms with E-state index in [1.165, 1.54) is 45.3 Å². The molecule has 1 aromatic carbocycles. The van der Waals surface area contributed by atoms with Crippen LogP contribution in [-0.4, -0.2) is 67.6 Å². The second kappa shape index (κ2) is 7.45. The first-order valence-corrected chi connectivity index (χ1v) is 9.83. The molecule has 142 valence electrons. The number of anilines is 1. The van der Waals surface area contributed by atoms with Gasteiger partial charge >= 0.3 is 0 Å². The van der Waals surface area contributed by atoms with Crippen molar-refractivity contribution in [1.82, 2.24) is 15.1 Å². The Bertz CT molecular complexity index is 647. The lowest BCUT2D eigenvalue weighted by atomic mass is 9.97. The van der Waals surface area contributed by atoms with E-state index >= 15 is 0 Å². The van der Waals surface area contributed by atoms with Crippen LogP contribution >= 0.6 is 0 Å². The second-order valence-corrected chi connectivity index (χ2v) is 8.06. The number of nitrogen functional groups attached to an aromatic ring is 1. The zero-order valence-electron chi connectivity index (χ0n) is 15.6. The summed E-state index contributed by atoms with van der Waals surface area (Å²) in [6.45, 7) is 5.71. The molecule has 0 spiro atoms. The largest absolute Gasteiger partial charge is 0.495 e. The normalized spacial score (nSPS) is 22.8. The van der Waals surface area contributed by atoms with Crippen molar-refractivity contribution in [3.8, 4) is 5.75 Å². The number of likely N-dealkylation sites (tertiary alicyclic amines) is 2. The molecule has 0 radical (unpaired) electrons. The van der Waals surface area contributed by atoms with Gasteiger partial charge in [-0.2, -0.15) is 0 Å². The highest BCUT2D eigenvalue weighted by Crippen LogP contribution is 2.31. The van der Waals surface area contributed by atoms with Crippen LogP contribution in [0.4, 0.5) is 5.69 Å². The maximum Gasteiger partial charge on any atom is 0.251 e. The molecule has 0 aromatic heterocycles. The third-order valence-electron chi connectivity index (χ3n) is 6.03. The number of benzene rings is 1. The van der Waals surface area contributed by atoms with Gasteiger partial charge in [-0.3, -0.25) is 9.69 Å². The van der Waals surface area contributed by atoms with Gasteiger partial charge in [-0.05, 0) is 62.9 Å². The summed E-state index contributed by atoms with van der Waals surface area (Å²) in [5.41, 5.74) is 6.96. The Morgan fingerprint density at radius 2 is 1.96 bits per heavy atom. The van der Waals surface area contributed by atoms with Gasteiger partial charge in [0.15, 0.2) is 0 Å². The van der Waals surface area contributed by atoms with Crippen LogP contribution in [0.1, 0.15) is 36.0 Å². The van der Waals surface area contributed by atoms with E-state index < -0.39 is 0 Å². The number of amides is 1. The van der Waals surface area contributed by atoms with E-state index in [1.54, 1.807) is 25.3 Å². The lowest BCUT2D eigenvalue weighted by Gasteiger charge is -2.47. The number of ether oxygens (including phenoxy) is 1. The molecule has 6 heteroatoms. The molecular weight excluding hydrogens is 328 g/mol. The number of nitrogens with one attached hydrogen (secondary N) is 1. The molecule has 1 aliphatic carbocycles. The van der Waals surface area contributed by atoms with Crippen molar-refractivity contribution in [3.63, 3.8) is 0 Å². The monoisotopic (exact) mass is 358 g/mol. The summed E-state index contributed by atoms with van der Waals surface area (Å²) < 4.78 is 5.20. The minimum atomic E-state index is -0.0489. The van der Waals surface area contributed by atoms with Gasteiger partial charge in [0.1, 0.15) is 5.75 Å². The molecule has 2 heterocycles. The Labute approximate surface area is 155 Å². The first-order chi connectivity index (χ1) is 12.6. The zero-order valence-corrected chi connectivity index (χ0v) is 15.6. The zero-order chi connectivity index (χ0) is 18.1. The molecule has 0 atom stereocenters. The number of nitrogens with zero attached hydrogens (tertiary/aromatic N) is 2. The molecule has 26 heavy (non-hydrogen) atoms. The van der Waals surface area contributed by atoms with E-state index in [2.05, 4.69) is 15.1 Å². The maximum absolute atomic E-state index is 12.4. The highest BCUT2D eigenvalue weighted by atomic mass is 16.5. The van der Waals surface area contributed by atoms with Crippen LogP contribution in [0.15, 0.2) is 18.2 Å². The van der Waals surface area contributed by atoms with Gasteiger partial charge in [0.05, 0.1) is 18.8 Å². The predicted octanol–water partition coefficient (Wildman–Crippen LogP) is 1.57. The van der Waals surface area contributed by atoms with Crippen molar-refractivity contribution in [3.05, 3.63) is 23.8 Å². The fourth-order valence-corrected chi connectivity index (χ4v) is 4.16. The first kappa shape index (κ1) is 17.6. The van der Waals surface area contributed by atoms with Crippen LogP contribution in [0.5, 0.6) is 5.75 Å². The van der Waals surface area contributed by atoms with E-state index in [1.807, 2.05) is 0 Å². The summed E-state index contributed by atoms with van der Waals surface area (Å²) >= 11 is 0. The van der Waals surface area contributed by atoms with Crippen LogP contribution in [-0.2, 0) is 0 Å². The maximum atomic E-state index is 12.4. The van der Waals surface area contributed by atoms with Crippen LogP contribution in [0, 0.1) is 5.92 Å². The van der Waals surface area contributed by atoms with Gasteiger partial charge in [-0.15, -0.1) is 0 Å². The van der Waals surface area contributed by atoms with Crippen LogP contribution < -0.4 is 15.8 Å². The van der Waals surface area contributed by atoms with Gasteiger partial charge in [0.25, 0.3) is 5.91 Å². The smallest absolute Gasteiger partial charge is 0.251 e. The van der Waals surface area contributed by atoms with E-state index in [4.69, 9.17) is 10.5 Å². The van der Waals surface area contributed by atoms with Crippen LogP contribution in [0.2, 0.25) is 0 Å². The molecule has 3 aliphatic rings. The van der Waals surface area contributed by atoms with Crippen molar-refractivity contribution in [2.24, 2.45) is 5.92 Å². The average molecular weight is 358 g/mol. The lowest BCUT2D eigenvalue weighted by molar-refractivity contribution is 0.0345. The topological polar surface area (TPSA) is 70.8 Å². The summed E-state index contributed by atoms with van der Waals surface area (Å²) in [4.78, 5) is 17.6. The molecule has 1 amide bonds. The molecule has 2 saturated heterocycles. The molecule has 4 rings (SSSR count). The third kappa shape index (κ3) is 3.96. The molecule has 0 unspecified atom stereocenters. The number of piperidine rings is 1. The first-order valence-electron chi connectivity index (χ1n) is 9.83. The van der Waals surface area contributed by atoms with E-state index in [-0.39, 0.29) is 11.9 Å². The fraction of sp³-hybridized carbons (Fsp3) is 0.650. The quantitative estimate of drug-likeness (QED) is 0.756. The molecule has 1 aromatic rings. The van der Waals surface area contributed by atoms with Gasteiger partial charge in [0, 0.05) is 31.2 Å². The highest BCUT2D eigenvalue weighted by molar-refractivity contribution is 5.95. The third-order valence-corrected chi connectivity index (χ3v) is 6.03. The SMILES string of the molecule is COc1cc(C(=O)NC2CN(C3CCN(CC4CC4)CC3)C2)ccc1N. The summed E-state index contributed by atoms with van der Waals surface area (Å²) in [5.74, 6) is 1.49. The molecule has 6 nitrogen and oxygen atoms in total. The molecule has 3 fully saturated rings. The van der Waals surface area contributed by atoms with Crippen LogP contribution in [0.3, 0.4) is 0 Å². The number of rotatable bonds is 6. The molecule has 1 saturated carbocycles. The summed E-state index contributed by atoms with van der Waals surface area (Å²) in [6.07, 6.45) is 5.41. The molecule has 3 N–H and O–H groups in total. The number of hydrogen-bond acceptors (Lipinski definition) is 5.